The van der Waals surface area contributed by atoms with E-state index in [2.05, 4.69) is 5.32 Å². The molecule has 1 amide bonds. The van der Waals surface area contributed by atoms with Gasteiger partial charge in [-0.15, -0.1) is 11.3 Å². The fourth-order valence-corrected chi connectivity index (χ4v) is 4.62. The number of hydrogen-bond acceptors (Lipinski definition) is 4. The second kappa shape index (κ2) is 4.42. The van der Waals surface area contributed by atoms with Gasteiger partial charge >= 0.3 is 0 Å². The zero-order chi connectivity index (χ0) is 12.6. The second-order valence-corrected chi connectivity index (χ2v) is 8.09. The summed E-state index contributed by atoms with van der Waals surface area (Å²) in [5.41, 5.74) is 0.664. The van der Waals surface area contributed by atoms with Crippen LogP contribution in [0.25, 0.3) is 0 Å². The summed E-state index contributed by atoms with van der Waals surface area (Å²) >= 11 is 1.58. The highest BCUT2D eigenvalue weighted by atomic mass is 32.2. The lowest BCUT2D eigenvalue weighted by molar-refractivity contribution is 0.0941. The average molecular weight is 273 g/mol. The molecule has 1 fully saturated rings. The van der Waals surface area contributed by atoms with Crippen molar-refractivity contribution in [3.63, 3.8) is 0 Å². The first kappa shape index (κ1) is 12.6. The van der Waals surface area contributed by atoms with Crippen molar-refractivity contribution in [3.8, 4) is 0 Å². The molecule has 0 spiro atoms. The highest BCUT2D eigenvalue weighted by Crippen LogP contribution is 2.21. The molecule has 0 radical (unpaired) electrons. The quantitative estimate of drug-likeness (QED) is 0.883. The van der Waals surface area contributed by atoms with E-state index in [0.717, 1.165) is 9.75 Å². The normalized spacial score (nSPS) is 22.6. The summed E-state index contributed by atoms with van der Waals surface area (Å²) in [5, 5.41) is 2.79. The first-order chi connectivity index (χ1) is 7.87. The third-order valence-corrected chi connectivity index (χ3v) is 5.59. The van der Waals surface area contributed by atoms with Crippen molar-refractivity contribution in [1.82, 2.24) is 5.32 Å². The second-order valence-electron chi connectivity index (χ2n) is 4.40. The minimum atomic E-state index is -2.94. The Kier molecular flexibility index (Phi) is 3.27. The van der Waals surface area contributed by atoms with E-state index in [-0.39, 0.29) is 23.5 Å². The average Bonchev–Trinajstić information content (AvgIpc) is 2.69. The molecular weight excluding hydrogens is 258 g/mol. The summed E-state index contributed by atoms with van der Waals surface area (Å²) in [7, 11) is -2.94. The summed E-state index contributed by atoms with van der Waals surface area (Å²) < 4.78 is 22.6. The van der Waals surface area contributed by atoms with E-state index in [0.29, 0.717) is 12.0 Å². The standard InChI is InChI=1S/C11H15NO3S2/c1-7-5-10(8(2)16-7)11(13)12-9-3-4-17(14,15)6-9/h5,9H,3-4,6H2,1-2H3,(H,12,13). The van der Waals surface area contributed by atoms with Crippen LogP contribution in [-0.2, 0) is 9.84 Å². The zero-order valence-corrected chi connectivity index (χ0v) is 11.5. The van der Waals surface area contributed by atoms with Gasteiger partial charge in [0.05, 0.1) is 17.1 Å². The van der Waals surface area contributed by atoms with Crippen molar-refractivity contribution in [1.29, 1.82) is 0 Å². The molecule has 94 valence electrons. The molecule has 1 aromatic heterocycles. The number of nitrogens with one attached hydrogen (secondary N) is 1. The smallest absolute Gasteiger partial charge is 0.252 e. The molecule has 6 heteroatoms. The van der Waals surface area contributed by atoms with Crippen molar-refractivity contribution >= 4 is 27.1 Å². The minimum Gasteiger partial charge on any atom is -0.348 e. The number of sulfone groups is 1. The number of rotatable bonds is 2. The topological polar surface area (TPSA) is 63.2 Å². The van der Waals surface area contributed by atoms with Crippen molar-refractivity contribution in [3.05, 3.63) is 21.4 Å². The lowest BCUT2D eigenvalue weighted by Gasteiger charge is -2.10. The molecule has 4 nitrogen and oxygen atoms in total. The summed E-state index contributed by atoms with van der Waals surface area (Å²) in [5.74, 6) is 0.0921. The van der Waals surface area contributed by atoms with Crippen LogP contribution in [0.15, 0.2) is 6.07 Å². The largest absolute Gasteiger partial charge is 0.348 e. The molecule has 1 atom stereocenters. The molecule has 1 aliphatic heterocycles. The van der Waals surface area contributed by atoms with Crippen molar-refractivity contribution in [2.75, 3.05) is 11.5 Å². The van der Waals surface area contributed by atoms with Crippen LogP contribution in [0.1, 0.15) is 26.5 Å². The van der Waals surface area contributed by atoms with Crippen molar-refractivity contribution in [2.45, 2.75) is 26.3 Å². The fourth-order valence-electron chi connectivity index (χ4n) is 2.03. The molecular formula is C11H15NO3S2. The van der Waals surface area contributed by atoms with Gasteiger partial charge in [0.2, 0.25) is 0 Å². The first-order valence-electron chi connectivity index (χ1n) is 5.46. The molecule has 2 heterocycles. The van der Waals surface area contributed by atoms with Crippen LogP contribution in [0.5, 0.6) is 0 Å². The Morgan fingerprint density at radius 3 is 2.65 bits per heavy atom. The minimum absolute atomic E-state index is 0.0703. The van der Waals surface area contributed by atoms with Crippen LogP contribution < -0.4 is 5.32 Å². The van der Waals surface area contributed by atoms with Crippen molar-refractivity contribution < 1.29 is 13.2 Å². The molecule has 0 saturated carbocycles. The number of amides is 1. The Morgan fingerprint density at radius 1 is 1.47 bits per heavy atom. The number of aryl methyl sites for hydroxylation is 2. The van der Waals surface area contributed by atoms with E-state index in [1.807, 2.05) is 19.9 Å². The lowest BCUT2D eigenvalue weighted by atomic mass is 10.2. The van der Waals surface area contributed by atoms with Gasteiger partial charge in [0.15, 0.2) is 9.84 Å². The third kappa shape index (κ3) is 2.87. The Morgan fingerprint density at radius 2 is 2.18 bits per heavy atom. The molecule has 2 rings (SSSR count). The Hall–Kier alpha value is -0.880. The van der Waals surface area contributed by atoms with Gasteiger partial charge in [0.25, 0.3) is 5.91 Å². The monoisotopic (exact) mass is 273 g/mol. The van der Waals surface area contributed by atoms with Crippen LogP contribution in [0, 0.1) is 13.8 Å². The van der Waals surface area contributed by atoms with E-state index >= 15 is 0 Å². The van der Waals surface area contributed by atoms with E-state index < -0.39 is 9.84 Å². The lowest BCUT2D eigenvalue weighted by Crippen LogP contribution is -2.35. The maximum Gasteiger partial charge on any atom is 0.252 e. The predicted molar refractivity (Wildman–Crippen MR) is 68.3 cm³/mol. The molecule has 1 saturated heterocycles. The highest BCUT2D eigenvalue weighted by Gasteiger charge is 2.29. The molecule has 1 unspecified atom stereocenters. The number of carbonyl (C=O) groups is 1. The Labute approximate surface area is 105 Å². The van der Waals surface area contributed by atoms with Gasteiger partial charge in [-0.05, 0) is 26.3 Å². The maximum absolute atomic E-state index is 11.9. The van der Waals surface area contributed by atoms with Gasteiger partial charge in [0, 0.05) is 15.8 Å². The molecule has 17 heavy (non-hydrogen) atoms. The Bertz CT molecular complexity index is 545. The van der Waals surface area contributed by atoms with Gasteiger partial charge in [-0.3, -0.25) is 4.79 Å². The van der Waals surface area contributed by atoms with Gasteiger partial charge in [-0.1, -0.05) is 0 Å². The summed E-state index contributed by atoms with van der Waals surface area (Å²) in [6.45, 7) is 3.85. The maximum atomic E-state index is 11.9. The summed E-state index contributed by atoms with van der Waals surface area (Å²) in [6.07, 6.45) is 0.524. The van der Waals surface area contributed by atoms with E-state index in [1.165, 1.54) is 0 Å². The molecule has 1 aliphatic rings. The van der Waals surface area contributed by atoms with Gasteiger partial charge in [-0.2, -0.15) is 0 Å². The summed E-state index contributed by atoms with van der Waals surface area (Å²) in [4.78, 5) is 14.0. The van der Waals surface area contributed by atoms with Gasteiger partial charge in [-0.25, -0.2) is 8.42 Å². The zero-order valence-electron chi connectivity index (χ0n) is 9.82. The fraction of sp³-hybridized carbons (Fsp3) is 0.545. The van der Waals surface area contributed by atoms with E-state index in [4.69, 9.17) is 0 Å². The number of thiophene rings is 1. The number of carbonyl (C=O) groups excluding carboxylic acids is 1. The molecule has 1 N–H and O–H groups in total. The molecule has 1 aromatic rings. The van der Waals surface area contributed by atoms with Gasteiger partial charge in [0.1, 0.15) is 0 Å². The molecule has 0 aromatic carbocycles. The summed E-state index contributed by atoms with van der Waals surface area (Å²) in [6, 6.07) is 1.62. The van der Waals surface area contributed by atoms with E-state index in [1.54, 1.807) is 11.3 Å². The van der Waals surface area contributed by atoms with Crippen LogP contribution in [0.4, 0.5) is 0 Å². The number of hydrogen-bond donors (Lipinski definition) is 1. The first-order valence-corrected chi connectivity index (χ1v) is 8.09. The Balaban J connectivity index is 2.06. The molecule has 0 aliphatic carbocycles. The highest BCUT2D eigenvalue weighted by molar-refractivity contribution is 7.91. The van der Waals surface area contributed by atoms with Crippen LogP contribution in [-0.4, -0.2) is 31.9 Å². The van der Waals surface area contributed by atoms with Crippen LogP contribution in [0.2, 0.25) is 0 Å². The third-order valence-electron chi connectivity index (χ3n) is 2.85. The SMILES string of the molecule is Cc1cc(C(=O)NC2CCS(=O)(=O)C2)c(C)s1. The van der Waals surface area contributed by atoms with Crippen LogP contribution in [0.3, 0.4) is 0 Å². The van der Waals surface area contributed by atoms with Crippen LogP contribution >= 0.6 is 11.3 Å². The van der Waals surface area contributed by atoms with Crippen molar-refractivity contribution in [2.24, 2.45) is 0 Å². The molecule has 0 bridgehead atoms. The van der Waals surface area contributed by atoms with Gasteiger partial charge < -0.3 is 5.32 Å². The van der Waals surface area contributed by atoms with E-state index in [9.17, 15) is 13.2 Å². The predicted octanol–water partition coefficient (Wildman–Crippen LogP) is 1.28.